The van der Waals surface area contributed by atoms with E-state index in [0.29, 0.717) is 6.54 Å². The van der Waals surface area contributed by atoms with E-state index in [-0.39, 0.29) is 5.91 Å². The van der Waals surface area contributed by atoms with Gasteiger partial charge in [0.05, 0.1) is 0 Å². The molecule has 0 saturated carbocycles. The van der Waals surface area contributed by atoms with Crippen molar-refractivity contribution in [2.24, 2.45) is 0 Å². The van der Waals surface area contributed by atoms with Crippen molar-refractivity contribution in [3.8, 4) is 0 Å². The van der Waals surface area contributed by atoms with Crippen molar-refractivity contribution in [1.82, 2.24) is 5.32 Å². The third kappa shape index (κ3) is 5.68. The summed E-state index contributed by atoms with van der Waals surface area (Å²) in [5, 5.41) is 3.76. The molecule has 2 aromatic carbocycles. The maximum absolute atomic E-state index is 12.3. The highest BCUT2D eigenvalue weighted by Gasteiger charge is 2.11. The van der Waals surface area contributed by atoms with Gasteiger partial charge in [-0.25, -0.2) is 0 Å². The Kier molecular flexibility index (Phi) is 7.27. The summed E-state index contributed by atoms with van der Waals surface area (Å²) in [4.78, 5) is 14.7. The molecule has 0 aromatic heterocycles. The van der Waals surface area contributed by atoms with Gasteiger partial charge in [-0.05, 0) is 61.2 Å². The van der Waals surface area contributed by atoms with Gasteiger partial charge in [-0.3, -0.25) is 4.79 Å². The van der Waals surface area contributed by atoms with Crippen LogP contribution in [-0.4, -0.2) is 31.3 Å². The Bertz CT molecular complexity index is 697. The van der Waals surface area contributed by atoms with Gasteiger partial charge in [0, 0.05) is 47.4 Å². The number of carbonyl (C=O) groups excluding carboxylic acids is 1. The molecule has 0 atom stereocenters. The molecule has 0 unspecified atom stereocenters. The molecule has 1 fully saturated rings. The third-order valence-corrected chi connectivity index (χ3v) is 5.85. The number of anilines is 1. The molecule has 1 aliphatic rings. The number of nitrogens with one attached hydrogen (secondary N) is 1. The van der Waals surface area contributed by atoms with Crippen molar-refractivity contribution in [2.75, 3.05) is 30.3 Å². The predicted molar refractivity (Wildman–Crippen MR) is 112 cm³/mol. The van der Waals surface area contributed by atoms with Crippen LogP contribution in [-0.2, 0) is 5.75 Å². The van der Waals surface area contributed by atoms with Crippen LogP contribution in [0.25, 0.3) is 0 Å². The van der Waals surface area contributed by atoms with Crippen molar-refractivity contribution in [3.05, 3.63) is 64.7 Å². The molecule has 2 aromatic rings. The zero-order valence-corrected chi connectivity index (χ0v) is 16.5. The van der Waals surface area contributed by atoms with Gasteiger partial charge in [0.25, 0.3) is 5.91 Å². The molecule has 0 spiro atoms. The minimum atomic E-state index is 0.00212. The Labute approximate surface area is 165 Å². The van der Waals surface area contributed by atoms with Crippen LogP contribution in [0.3, 0.4) is 0 Å². The van der Waals surface area contributed by atoms with Crippen LogP contribution in [0, 0.1) is 0 Å². The maximum atomic E-state index is 12.3. The molecule has 0 aliphatic carbocycles. The number of nitrogens with zero attached hydrogens (tertiary/aromatic N) is 1. The Balaban J connectivity index is 1.38. The Hall–Kier alpha value is -1.65. The highest BCUT2D eigenvalue weighted by Crippen LogP contribution is 2.20. The van der Waals surface area contributed by atoms with E-state index in [2.05, 4.69) is 22.3 Å². The Morgan fingerprint density at radius 3 is 2.38 bits per heavy atom. The number of rotatable bonds is 7. The van der Waals surface area contributed by atoms with Crippen LogP contribution >= 0.6 is 23.4 Å². The Morgan fingerprint density at radius 1 is 1.00 bits per heavy atom. The van der Waals surface area contributed by atoms with Gasteiger partial charge >= 0.3 is 0 Å². The van der Waals surface area contributed by atoms with E-state index in [0.717, 1.165) is 35.2 Å². The van der Waals surface area contributed by atoms with Gasteiger partial charge in [-0.2, -0.15) is 11.8 Å². The van der Waals surface area contributed by atoms with Gasteiger partial charge in [0.15, 0.2) is 0 Å². The summed E-state index contributed by atoms with van der Waals surface area (Å²) >= 11 is 7.69. The third-order valence-electron chi connectivity index (χ3n) is 4.56. The van der Waals surface area contributed by atoms with E-state index in [4.69, 9.17) is 11.6 Å². The number of benzene rings is 2. The van der Waals surface area contributed by atoms with Crippen LogP contribution in [0.4, 0.5) is 5.69 Å². The number of piperidine rings is 1. The number of thioether (sulfide) groups is 1. The molecule has 1 amide bonds. The highest BCUT2D eigenvalue weighted by atomic mass is 35.5. The molecular formula is C21H25ClN2OS. The van der Waals surface area contributed by atoms with Gasteiger partial charge < -0.3 is 10.2 Å². The average Bonchev–Trinajstić information content (AvgIpc) is 2.70. The average molecular weight is 389 g/mol. The molecule has 1 heterocycles. The summed E-state index contributed by atoms with van der Waals surface area (Å²) in [5.74, 6) is 1.82. The van der Waals surface area contributed by atoms with Crippen molar-refractivity contribution >= 4 is 35.0 Å². The summed E-state index contributed by atoms with van der Waals surface area (Å²) in [7, 11) is 0. The fourth-order valence-electron chi connectivity index (χ4n) is 3.09. The lowest BCUT2D eigenvalue weighted by molar-refractivity contribution is 0.0956. The molecule has 0 radical (unpaired) electrons. The maximum Gasteiger partial charge on any atom is 0.251 e. The quantitative estimate of drug-likeness (QED) is 0.678. The van der Waals surface area contributed by atoms with Crippen molar-refractivity contribution < 1.29 is 4.79 Å². The molecular weight excluding hydrogens is 364 g/mol. The van der Waals surface area contributed by atoms with Crippen LogP contribution in [0.2, 0.25) is 5.02 Å². The summed E-state index contributed by atoms with van der Waals surface area (Å²) in [6, 6.07) is 15.9. The minimum Gasteiger partial charge on any atom is -0.372 e. The highest BCUT2D eigenvalue weighted by molar-refractivity contribution is 7.98. The van der Waals surface area contributed by atoms with Gasteiger partial charge in [0.2, 0.25) is 0 Å². The molecule has 0 bridgehead atoms. The van der Waals surface area contributed by atoms with Gasteiger partial charge in [-0.1, -0.05) is 23.7 Å². The second kappa shape index (κ2) is 9.89. The second-order valence-corrected chi connectivity index (χ2v) is 8.07. The van der Waals surface area contributed by atoms with E-state index in [1.807, 2.05) is 36.4 Å². The van der Waals surface area contributed by atoms with Gasteiger partial charge in [0.1, 0.15) is 0 Å². The predicted octanol–water partition coefficient (Wildman–Crippen LogP) is 4.99. The zero-order valence-electron chi connectivity index (χ0n) is 14.9. The summed E-state index contributed by atoms with van der Waals surface area (Å²) in [6.45, 7) is 2.91. The van der Waals surface area contributed by atoms with E-state index >= 15 is 0 Å². The first-order valence-electron chi connectivity index (χ1n) is 9.18. The fourth-order valence-corrected chi connectivity index (χ4v) is 4.03. The largest absolute Gasteiger partial charge is 0.372 e. The molecule has 1 N–H and O–H groups in total. The number of carbonyl (C=O) groups is 1. The van der Waals surface area contributed by atoms with Crippen LogP contribution in [0.15, 0.2) is 48.5 Å². The first kappa shape index (κ1) is 19.1. The SMILES string of the molecule is O=C(NCCSCc1ccc(Cl)cc1)c1ccc(N2CCCCC2)cc1. The summed E-state index contributed by atoms with van der Waals surface area (Å²) in [6.07, 6.45) is 3.85. The van der Waals surface area contributed by atoms with Crippen LogP contribution < -0.4 is 10.2 Å². The number of hydrogen-bond acceptors (Lipinski definition) is 3. The number of amides is 1. The fraction of sp³-hybridized carbons (Fsp3) is 0.381. The summed E-state index contributed by atoms with van der Waals surface area (Å²) in [5.41, 5.74) is 3.20. The molecule has 1 saturated heterocycles. The number of hydrogen-bond donors (Lipinski definition) is 1. The van der Waals surface area contributed by atoms with Gasteiger partial charge in [-0.15, -0.1) is 0 Å². The standard InChI is InChI=1S/C21H25ClN2OS/c22-19-8-4-17(5-9-19)16-26-15-12-23-21(25)18-6-10-20(11-7-18)24-13-2-1-3-14-24/h4-11H,1-3,12-16H2,(H,23,25). The molecule has 26 heavy (non-hydrogen) atoms. The molecule has 1 aliphatic heterocycles. The van der Waals surface area contributed by atoms with Crippen molar-refractivity contribution in [3.63, 3.8) is 0 Å². The Morgan fingerprint density at radius 2 is 1.69 bits per heavy atom. The molecule has 3 rings (SSSR count). The normalized spacial score (nSPS) is 14.3. The van der Waals surface area contributed by atoms with Crippen molar-refractivity contribution in [2.45, 2.75) is 25.0 Å². The summed E-state index contributed by atoms with van der Waals surface area (Å²) < 4.78 is 0. The first-order chi connectivity index (χ1) is 12.7. The van der Waals surface area contributed by atoms with E-state index < -0.39 is 0 Å². The van der Waals surface area contributed by atoms with Crippen LogP contribution in [0.5, 0.6) is 0 Å². The zero-order chi connectivity index (χ0) is 18.2. The number of halogens is 1. The monoisotopic (exact) mass is 388 g/mol. The molecule has 138 valence electrons. The van der Waals surface area contributed by atoms with Crippen LogP contribution in [0.1, 0.15) is 35.2 Å². The van der Waals surface area contributed by atoms with E-state index in [9.17, 15) is 4.79 Å². The van der Waals surface area contributed by atoms with Crippen molar-refractivity contribution in [1.29, 1.82) is 0 Å². The van der Waals surface area contributed by atoms with E-state index in [1.165, 1.54) is 30.5 Å². The molecule has 5 heteroatoms. The first-order valence-corrected chi connectivity index (χ1v) is 10.7. The topological polar surface area (TPSA) is 32.3 Å². The lowest BCUT2D eigenvalue weighted by Crippen LogP contribution is -2.29. The molecule has 3 nitrogen and oxygen atoms in total. The lowest BCUT2D eigenvalue weighted by Gasteiger charge is -2.28. The smallest absolute Gasteiger partial charge is 0.251 e. The minimum absolute atomic E-state index is 0.00212. The van der Waals surface area contributed by atoms with E-state index in [1.54, 1.807) is 11.8 Å². The second-order valence-electron chi connectivity index (χ2n) is 6.53. The lowest BCUT2D eigenvalue weighted by atomic mass is 10.1.